The Morgan fingerprint density at radius 3 is 2.88 bits per heavy atom. The molecule has 0 spiro atoms. The molecule has 1 heterocycles. The van der Waals surface area contributed by atoms with Crippen molar-refractivity contribution in [3.05, 3.63) is 16.9 Å². The molecule has 2 unspecified atom stereocenters. The molecular weight excluding hydrogens is 222 g/mol. The second kappa shape index (κ2) is 5.19. The highest BCUT2D eigenvalue weighted by Crippen LogP contribution is 2.44. The highest BCUT2D eigenvalue weighted by atomic mass is 35.5. The number of nitrogens with zero attached hydrogens (tertiary/aromatic N) is 2. The minimum Gasteiger partial charge on any atom is -0.316 e. The van der Waals surface area contributed by atoms with Gasteiger partial charge in [-0.05, 0) is 38.3 Å². The zero-order valence-electron chi connectivity index (χ0n) is 10.0. The predicted molar refractivity (Wildman–Crippen MR) is 66.8 cm³/mol. The van der Waals surface area contributed by atoms with E-state index in [-0.39, 0.29) is 0 Å². The van der Waals surface area contributed by atoms with Gasteiger partial charge >= 0.3 is 0 Å². The average Bonchev–Trinajstić information content (AvgIpc) is 2.55. The lowest BCUT2D eigenvalue weighted by Gasteiger charge is -2.37. The van der Waals surface area contributed by atoms with E-state index in [1.807, 2.05) is 11.7 Å². The van der Waals surface area contributed by atoms with E-state index >= 15 is 0 Å². The minimum atomic E-state index is 0.601. The number of hydrogen-bond donors (Lipinski definition) is 1. The van der Waals surface area contributed by atoms with Crippen LogP contribution < -0.4 is 5.32 Å². The smallest absolute Gasteiger partial charge is 0.0820 e. The second-order valence-electron chi connectivity index (χ2n) is 4.65. The Balaban J connectivity index is 1.95. The van der Waals surface area contributed by atoms with Crippen molar-refractivity contribution in [3.8, 4) is 0 Å². The number of hydrogen-bond acceptors (Lipinski definition) is 2. The number of halogens is 1. The molecule has 2 rings (SSSR count). The number of aromatic nitrogens is 2. The van der Waals surface area contributed by atoms with E-state index in [1.165, 1.54) is 25.0 Å². The van der Waals surface area contributed by atoms with Crippen LogP contribution in [0.2, 0.25) is 5.02 Å². The van der Waals surface area contributed by atoms with E-state index in [9.17, 15) is 0 Å². The SMILES string of the molecule is CCCNCC1CCC1c1c(Cl)cnn1C. The van der Waals surface area contributed by atoms with Crippen LogP contribution in [-0.4, -0.2) is 22.9 Å². The Morgan fingerprint density at radius 2 is 2.38 bits per heavy atom. The van der Waals surface area contributed by atoms with Gasteiger partial charge in [-0.2, -0.15) is 5.10 Å². The topological polar surface area (TPSA) is 29.9 Å². The highest BCUT2D eigenvalue weighted by molar-refractivity contribution is 6.31. The lowest BCUT2D eigenvalue weighted by atomic mass is 9.71. The van der Waals surface area contributed by atoms with Crippen molar-refractivity contribution in [2.24, 2.45) is 13.0 Å². The molecular formula is C12H20ClN3. The van der Waals surface area contributed by atoms with Gasteiger partial charge < -0.3 is 5.32 Å². The van der Waals surface area contributed by atoms with E-state index in [0.717, 1.165) is 24.0 Å². The van der Waals surface area contributed by atoms with Gasteiger partial charge in [0.25, 0.3) is 0 Å². The quantitative estimate of drug-likeness (QED) is 0.803. The molecule has 3 nitrogen and oxygen atoms in total. The zero-order chi connectivity index (χ0) is 11.5. The van der Waals surface area contributed by atoms with Gasteiger partial charge in [0.2, 0.25) is 0 Å². The summed E-state index contributed by atoms with van der Waals surface area (Å²) in [4.78, 5) is 0. The molecule has 0 aliphatic heterocycles. The molecule has 4 heteroatoms. The predicted octanol–water partition coefficient (Wildman–Crippen LogP) is 2.57. The monoisotopic (exact) mass is 241 g/mol. The van der Waals surface area contributed by atoms with Crippen LogP contribution >= 0.6 is 11.6 Å². The summed E-state index contributed by atoms with van der Waals surface area (Å²) in [6, 6.07) is 0. The molecule has 1 aromatic heterocycles. The van der Waals surface area contributed by atoms with E-state index in [0.29, 0.717) is 5.92 Å². The molecule has 1 saturated carbocycles. The minimum absolute atomic E-state index is 0.601. The van der Waals surface area contributed by atoms with Crippen LogP contribution in [0, 0.1) is 5.92 Å². The number of rotatable bonds is 5. The van der Waals surface area contributed by atoms with Crippen LogP contribution in [0.1, 0.15) is 37.8 Å². The normalized spacial score (nSPS) is 24.4. The summed E-state index contributed by atoms with van der Waals surface area (Å²) in [7, 11) is 1.98. The maximum Gasteiger partial charge on any atom is 0.0820 e. The first-order valence-electron chi connectivity index (χ1n) is 6.12. The average molecular weight is 242 g/mol. The fourth-order valence-electron chi connectivity index (χ4n) is 2.47. The maximum absolute atomic E-state index is 6.18. The third-order valence-corrected chi connectivity index (χ3v) is 3.83. The summed E-state index contributed by atoms with van der Waals surface area (Å²) in [5, 5.41) is 8.54. The first-order valence-corrected chi connectivity index (χ1v) is 6.50. The van der Waals surface area contributed by atoms with Crippen molar-refractivity contribution < 1.29 is 0 Å². The van der Waals surface area contributed by atoms with Crippen LogP contribution in [0.5, 0.6) is 0 Å². The summed E-state index contributed by atoms with van der Waals surface area (Å²) in [5.41, 5.74) is 1.22. The van der Waals surface area contributed by atoms with Gasteiger partial charge in [-0.15, -0.1) is 0 Å². The fraction of sp³-hybridized carbons (Fsp3) is 0.750. The third-order valence-electron chi connectivity index (χ3n) is 3.54. The molecule has 0 bridgehead atoms. The molecule has 1 aliphatic rings. The molecule has 0 radical (unpaired) electrons. The summed E-state index contributed by atoms with van der Waals surface area (Å²) in [6.07, 6.45) is 5.51. The van der Waals surface area contributed by atoms with Crippen molar-refractivity contribution in [1.29, 1.82) is 0 Å². The molecule has 90 valence electrons. The van der Waals surface area contributed by atoms with Crippen molar-refractivity contribution in [2.45, 2.75) is 32.1 Å². The van der Waals surface area contributed by atoms with Gasteiger partial charge in [0, 0.05) is 13.0 Å². The summed E-state index contributed by atoms with van der Waals surface area (Å²) >= 11 is 6.18. The molecule has 0 saturated heterocycles. The van der Waals surface area contributed by atoms with Gasteiger partial charge in [-0.3, -0.25) is 4.68 Å². The molecule has 2 atom stereocenters. The van der Waals surface area contributed by atoms with Gasteiger partial charge in [0.1, 0.15) is 0 Å². The van der Waals surface area contributed by atoms with Gasteiger partial charge in [0.05, 0.1) is 16.9 Å². The first kappa shape index (κ1) is 11.9. The maximum atomic E-state index is 6.18. The van der Waals surface area contributed by atoms with Crippen LogP contribution in [0.15, 0.2) is 6.20 Å². The number of aryl methyl sites for hydroxylation is 1. The van der Waals surface area contributed by atoms with E-state index in [1.54, 1.807) is 6.20 Å². The standard InChI is InChI=1S/C12H20ClN3/c1-3-6-14-7-9-4-5-10(9)12-11(13)8-15-16(12)2/h8-10,14H,3-7H2,1-2H3. The molecule has 1 fully saturated rings. The van der Waals surface area contributed by atoms with Gasteiger partial charge in [-0.25, -0.2) is 0 Å². The van der Waals surface area contributed by atoms with Crippen molar-refractivity contribution in [1.82, 2.24) is 15.1 Å². The Labute approximate surface area is 102 Å². The molecule has 16 heavy (non-hydrogen) atoms. The van der Waals surface area contributed by atoms with Crippen LogP contribution in [-0.2, 0) is 7.05 Å². The molecule has 1 N–H and O–H groups in total. The molecule has 1 aromatic rings. The highest BCUT2D eigenvalue weighted by Gasteiger charge is 2.34. The van der Waals surface area contributed by atoms with Crippen LogP contribution in [0.3, 0.4) is 0 Å². The third kappa shape index (κ3) is 2.25. The molecule has 0 amide bonds. The second-order valence-corrected chi connectivity index (χ2v) is 5.06. The summed E-state index contributed by atoms with van der Waals surface area (Å²) in [6.45, 7) is 4.42. The Kier molecular flexibility index (Phi) is 3.87. The van der Waals surface area contributed by atoms with Gasteiger partial charge in [-0.1, -0.05) is 18.5 Å². The number of nitrogens with one attached hydrogen (secondary N) is 1. The van der Waals surface area contributed by atoms with Crippen LogP contribution in [0.4, 0.5) is 0 Å². The molecule has 1 aliphatic carbocycles. The largest absolute Gasteiger partial charge is 0.316 e. The lowest BCUT2D eigenvalue weighted by molar-refractivity contribution is 0.236. The van der Waals surface area contributed by atoms with E-state index in [4.69, 9.17) is 11.6 Å². The van der Waals surface area contributed by atoms with Crippen molar-refractivity contribution >= 4 is 11.6 Å². The van der Waals surface area contributed by atoms with E-state index < -0.39 is 0 Å². The Bertz CT molecular complexity index is 329. The molecule has 0 aromatic carbocycles. The lowest BCUT2D eigenvalue weighted by Crippen LogP contribution is -2.35. The zero-order valence-corrected chi connectivity index (χ0v) is 10.8. The summed E-state index contributed by atoms with van der Waals surface area (Å²) < 4.78 is 1.93. The first-order chi connectivity index (χ1) is 7.74. The van der Waals surface area contributed by atoms with Crippen molar-refractivity contribution in [2.75, 3.05) is 13.1 Å². The van der Waals surface area contributed by atoms with Crippen molar-refractivity contribution in [3.63, 3.8) is 0 Å². The summed E-state index contributed by atoms with van der Waals surface area (Å²) in [5.74, 6) is 1.34. The fourth-order valence-corrected chi connectivity index (χ4v) is 2.78. The van der Waals surface area contributed by atoms with E-state index in [2.05, 4.69) is 17.3 Å². The Hall–Kier alpha value is -0.540. The van der Waals surface area contributed by atoms with Gasteiger partial charge in [0.15, 0.2) is 0 Å². The Morgan fingerprint density at radius 1 is 1.56 bits per heavy atom. The van der Waals surface area contributed by atoms with Crippen LogP contribution in [0.25, 0.3) is 0 Å².